The highest BCUT2D eigenvalue weighted by atomic mass is 32.1. The van der Waals surface area contributed by atoms with E-state index >= 15 is 0 Å². The maximum atomic E-state index is 13.1. The zero-order chi connectivity index (χ0) is 33.5. The molecule has 1 heterocycles. The van der Waals surface area contributed by atoms with Crippen molar-refractivity contribution in [2.45, 2.75) is 38.0 Å². The van der Waals surface area contributed by atoms with Gasteiger partial charge < -0.3 is 29.8 Å². The first-order chi connectivity index (χ1) is 21.8. The van der Waals surface area contributed by atoms with Gasteiger partial charge in [0.05, 0.1) is 11.8 Å². The van der Waals surface area contributed by atoms with Crippen molar-refractivity contribution in [1.29, 1.82) is 0 Å². The lowest BCUT2D eigenvalue weighted by Gasteiger charge is -2.21. The molecule has 1 aromatic heterocycles. The molecule has 3 aromatic carbocycles. The number of thiazole rings is 1. The monoisotopic (exact) mass is 671 g/mol. The summed E-state index contributed by atoms with van der Waals surface area (Å²) >= 11 is 0.438. The van der Waals surface area contributed by atoms with Gasteiger partial charge >= 0.3 is 29.2 Å². The van der Waals surface area contributed by atoms with E-state index < -0.39 is 41.0 Å². The molecular weight excluding hydrogens is 644 g/mol. The molecule has 46 heavy (non-hydrogen) atoms. The van der Waals surface area contributed by atoms with Crippen molar-refractivity contribution >= 4 is 33.5 Å². The van der Waals surface area contributed by atoms with Crippen molar-refractivity contribution in [2.75, 3.05) is 20.2 Å². The maximum absolute atomic E-state index is 13.1. The minimum atomic E-state index is -5.34. The van der Waals surface area contributed by atoms with Gasteiger partial charge in [0.2, 0.25) is 0 Å². The molecular formula is C30H27F6N3O6S. The van der Waals surface area contributed by atoms with Gasteiger partial charge in [0.25, 0.3) is 0 Å². The number of H-pyrrole nitrogens is 1. The Kier molecular flexibility index (Phi) is 11.1. The van der Waals surface area contributed by atoms with E-state index in [1.54, 1.807) is 7.11 Å². The van der Waals surface area contributed by atoms with Crippen LogP contribution in [0.25, 0.3) is 10.2 Å². The Morgan fingerprint density at radius 2 is 1.59 bits per heavy atom. The molecule has 0 spiro atoms. The summed E-state index contributed by atoms with van der Waals surface area (Å²) in [5.74, 6) is -4.98. The first-order valence-corrected chi connectivity index (χ1v) is 14.4. The van der Waals surface area contributed by atoms with Crippen molar-refractivity contribution < 1.29 is 50.1 Å². The van der Waals surface area contributed by atoms with Crippen LogP contribution in [0.5, 0.6) is 11.5 Å². The summed E-state index contributed by atoms with van der Waals surface area (Å²) < 4.78 is 91.8. The standard InChI is InChI=1S/C30H27F6N3O6S/c1-43-21-8-3-2-7-19(21)15-38-14-18-6-4-5-17(13-18)11-12-37-16-23(45-27(41)30(34,35)36)20-9-10-22(44-26(40)29(31,32)33)24-25(20)46-28(42)39-24/h2-10,13,23,37-38H,11-12,14-16H2,1H3,(H,39,42)/t23-/m0/s1. The summed E-state index contributed by atoms with van der Waals surface area (Å²) in [5, 5.41) is 6.28. The number of fused-ring (bicyclic) bond motifs is 1. The SMILES string of the molecule is COc1ccccc1CNCc1cccc(CCNC[C@H](OC(=O)C(F)(F)F)c2ccc(OC(=O)C(F)(F)F)c3[nH]c(=O)sc23)c1. The van der Waals surface area contributed by atoms with Crippen LogP contribution in [0.4, 0.5) is 26.3 Å². The van der Waals surface area contributed by atoms with Crippen LogP contribution in [0.3, 0.4) is 0 Å². The number of para-hydroxylation sites is 1. The Morgan fingerprint density at radius 3 is 2.30 bits per heavy atom. The van der Waals surface area contributed by atoms with E-state index in [1.165, 1.54) is 0 Å². The third-order valence-corrected chi connectivity index (χ3v) is 7.51. The number of esters is 2. The van der Waals surface area contributed by atoms with Crippen LogP contribution < -0.4 is 25.0 Å². The Morgan fingerprint density at radius 1 is 0.870 bits per heavy atom. The van der Waals surface area contributed by atoms with E-state index in [2.05, 4.69) is 20.4 Å². The molecule has 16 heteroatoms. The quantitative estimate of drug-likeness (QED) is 0.0756. The van der Waals surface area contributed by atoms with Gasteiger partial charge in [-0.15, -0.1) is 0 Å². The number of hydrogen-bond donors (Lipinski definition) is 3. The van der Waals surface area contributed by atoms with Crippen LogP contribution in [-0.2, 0) is 33.8 Å². The van der Waals surface area contributed by atoms with E-state index in [0.717, 1.165) is 34.6 Å². The van der Waals surface area contributed by atoms with Crippen LogP contribution in [0.2, 0.25) is 0 Å². The summed E-state index contributed by atoms with van der Waals surface area (Å²) in [5.41, 5.74) is 2.41. The van der Waals surface area contributed by atoms with E-state index in [-0.39, 0.29) is 28.9 Å². The molecule has 0 saturated heterocycles. The molecule has 0 aliphatic rings. The number of aromatic nitrogens is 1. The predicted octanol–water partition coefficient (Wildman–Crippen LogP) is 5.33. The van der Waals surface area contributed by atoms with Gasteiger partial charge in [0, 0.05) is 30.8 Å². The minimum absolute atomic E-state index is 0.113. The molecule has 0 aliphatic carbocycles. The van der Waals surface area contributed by atoms with Gasteiger partial charge in [-0.25, -0.2) is 9.59 Å². The van der Waals surface area contributed by atoms with Crippen LogP contribution in [-0.4, -0.2) is 49.5 Å². The molecule has 9 nitrogen and oxygen atoms in total. The topological polar surface area (TPSA) is 119 Å². The lowest BCUT2D eigenvalue weighted by molar-refractivity contribution is -0.205. The molecule has 0 bridgehead atoms. The third-order valence-electron chi connectivity index (χ3n) is 6.58. The highest BCUT2D eigenvalue weighted by molar-refractivity contribution is 7.16. The number of carbonyl (C=O) groups excluding carboxylic acids is 2. The normalized spacial score (nSPS) is 12.6. The van der Waals surface area contributed by atoms with E-state index in [1.807, 2.05) is 48.5 Å². The van der Waals surface area contributed by atoms with E-state index in [0.29, 0.717) is 30.8 Å². The van der Waals surface area contributed by atoms with Crippen molar-refractivity contribution in [3.05, 3.63) is 92.6 Å². The highest BCUT2D eigenvalue weighted by Gasteiger charge is 2.43. The molecule has 0 fully saturated rings. The molecule has 0 saturated carbocycles. The fourth-order valence-corrected chi connectivity index (χ4v) is 5.40. The molecule has 0 radical (unpaired) electrons. The van der Waals surface area contributed by atoms with Gasteiger partial charge in [0.1, 0.15) is 17.4 Å². The number of nitrogens with one attached hydrogen (secondary N) is 3. The average molecular weight is 672 g/mol. The number of aromatic amines is 1. The van der Waals surface area contributed by atoms with Crippen LogP contribution in [0.1, 0.15) is 28.4 Å². The number of ether oxygens (including phenoxy) is 3. The lowest BCUT2D eigenvalue weighted by atomic mass is 10.1. The molecule has 3 N–H and O–H groups in total. The molecule has 0 amide bonds. The zero-order valence-electron chi connectivity index (χ0n) is 24.0. The fourth-order valence-electron chi connectivity index (χ4n) is 4.49. The minimum Gasteiger partial charge on any atom is -0.496 e. The molecule has 4 rings (SSSR count). The lowest BCUT2D eigenvalue weighted by Crippen LogP contribution is -2.32. The van der Waals surface area contributed by atoms with Crippen LogP contribution >= 0.6 is 11.3 Å². The smallest absolute Gasteiger partial charge is 0.491 e. The second kappa shape index (κ2) is 14.8. The molecule has 1 atom stereocenters. The van der Waals surface area contributed by atoms with Crippen molar-refractivity contribution in [1.82, 2.24) is 15.6 Å². The average Bonchev–Trinajstić information content (AvgIpc) is 3.40. The second-order valence-electron chi connectivity index (χ2n) is 9.84. The summed E-state index contributed by atoms with van der Waals surface area (Å²) in [7, 11) is 1.60. The van der Waals surface area contributed by atoms with Gasteiger partial charge in [-0.1, -0.05) is 53.8 Å². The maximum Gasteiger partial charge on any atom is 0.491 e. The molecule has 246 valence electrons. The number of alkyl halides is 6. The molecule has 0 unspecified atom stereocenters. The summed E-state index contributed by atoms with van der Waals surface area (Å²) in [6, 6.07) is 17.1. The Hall–Kier alpha value is -4.41. The van der Waals surface area contributed by atoms with Crippen molar-refractivity contribution in [2.24, 2.45) is 0 Å². The van der Waals surface area contributed by atoms with Crippen molar-refractivity contribution in [3.63, 3.8) is 0 Å². The predicted molar refractivity (Wildman–Crippen MR) is 156 cm³/mol. The zero-order valence-corrected chi connectivity index (χ0v) is 24.8. The number of benzene rings is 3. The second-order valence-corrected chi connectivity index (χ2v) is 10.8. The Balaban J connectivity index is 1.44. The number of rotatable bonds is 13. The Bertz CT molecular complexity index is 1740. The summed E-state index contributed by atoms with van der Waals surface area (Å²) in [6.45, 7) is 1.03. The first kappa shape index (κ1) is 34.5. The van der Waals surface area contributed by atoms with Crippen molar-refractivity contribution in [3.8, 4) is 11.5 Å². The van der Waals surface area contributed by atoms with Gasteiger partial charge in [-0.05, 0) is 42.3 Å². The number of halogens is 6. The number of methoxy groups -OCH3 is 1. The Labute approximate surface area is 261 Å². The number of hydrogen-bond acceptors (Lipinski definition) is 9. The molecule has 4 aromatic rings. The largest absolute Gasteiger partial charge is 0.496 e. The van der Waals surface area contributed by atoms with Crippen LogP contribution in [0.15, 0.2) is 65.5 Å². The highest BCUT2D eigenvalue weighted by Crippen LogP contribution is 2.35. The van der Waals surface area contributed by atoms with Gasteiger partial charge in [-0.2, -0.15) is 26.3 Å². The van der Waals surface area contributed by atoms with Crippen LogP contribution in [0, 0.1) is 0 Å². The van der Waals surface area contributed by atoms with E-state index in [9.17, 15) is 40.7 Å². The third kappa shape index (κ3) is 9.08. The summed E-state index contributed by atoms with van der Waals surface area (Å²) in [4.78, 5) is 36.6. The number of carbonyl (C=O) groups is 2. The first-order valence-electron chi connectivity index (χ1n) is 13.6. The molecule has 0 aliphatic heterocycles. The van der Waals surface area contributed by atoms with E-state index in [4.69, 9.17) is 9.47 Å². The fraction of sp³-hybridized carbons (Fsp3) is 0.300. The van der Waals surface area contributed by atoms with Gasteiger partial charge in [-0.3, -0.25) is 4.79 Å². The summed E-state index contributed by atoms with van der Waals surface area (Å²) in [6.07, 6.45) is -11.9. The van der Waals surface area contributed by atoms with Gasteiger partial charge in [0.15, 0.2) is 5.75 Å².